The molecular formula is C24H26N2O4S. The number of thiazole rings is 1. The Hall–Kier alpha value is -3.06. The second kappa shape index (κ2) is 8.98. The van der Waals surface area contributed by atoms with Crippen LogP contribution >= 0.6 is 11.3 Å². The Balaban J connectivity index is 1.61. The van der Waals surface area contributed by atoms with Crippen LogP contribution in [0.3, 0.4) is 0 Å². The van der Waals surface area contributed by atoms with E-state index in [-0.39, 0.29) is 11.9 Å². The largest absolute Gasteiger partial charge is 0.497 e. The first-order chi connectivity index (χ1) is 15.0. The molecule has 0 radical (unpaired) electrons. The Kier molecular flexibility index (Phi) is 6.13. The Bertz CT molecular complexity index is 1080. The number of aryl methyl sites for hydroxylation is 1. The minimum Gasteiger partial charge on any atom is -0.497 e. The third-order valence-electron chi connectivity index (χ3n) is 5.63. The van der Waals surface area contributed by atoms with Gasteiger partial charge in [0.15, 0.2) is 11.5 Å². The smallest absolute Gasteiger partial charge is 0.266 e. The monoisotopic (exact) mass is 438 g/mol. The Morgan fingerprint density at radius 3 is 2.45 bits per heavy atom. The average molecular weight is 439 g/mol. The van der Waals surface area contributed by atoms with Crippen molar-refractivity contribution in [2.75, 3.05) is 27.9 Å². The summed E-state index contributed by atoms with van der Waals surface area (Å²) in [5, 5.41) is 0.838. The Morgan fingerprint density at radius 2 is 1.77 bits per heavy atom. The molecule has 3 aromatic rings. The lowest BCUT2D eigenvalue weighted by atomic mass is 10.0. The molecule has 0 saturated carbocycles. The van der Waals surface area contributed by atoms with Gasteiger partial charge in [-0.05, 0) is 61.7 Å². The van der Waals surface area contributed by atoms with Gasteiger partial charge in [-0.3, -0.25) is 4.79 Å². The molecule has 0 aliphatic carbocycles. The van der Waals surface area contributed by atoms with Gasteiger partial charge in [-0.2, -0.15) is 0 Å². The van der Waals surface area contributed by atoms with Crippen LogP contribution in [0.1, 0.15) is 39.8 Å². The minimum atomic E-state index is 0.0123. The molecule has 0 unspecified atom stereocenters. The molecule has 162 valence electrons. The average Bonchev–Trinajstić information content (AvgIpc) is 3.45. The van der Waals surface area contributed by atoms with Crippen LogP contribution in [0, 0.1) is 6.92 Å². The number of aromatic nitrogens is 1. The molecule has 0 bridgehead atoms. The van der Waals surface area contributed by atoms with Crippen molar-refractivity contribution in [1.29, 1.82) is 0 Å². The predicted molar refractivity (Wildman–Crippen MR) is 121 cm³/mol. The molecule has 1 aliphatic heterocycles. The lowest BCUT2D eigenvalue weighted by molar-refractivity contribution is 0.0739. The zero-order valence-electron chi connectivity index (χ0n) is 18.2. The minimum absolute atomic E-state index is 0.0123. The molecule has 1 aliphatic rings. The third-order valence-corrected chi connectivity index (χ3v) is 6.83. The van der Waals surface area contributed by atoms with Crippen LogP contribution in [-0.4, -0.2) is 43.7 Å². The van der Waals surface area contributed by atoms with Crippen molar-refractivity contribution in [2.24, 2.45) is 0 Å². The number of hydrogen-bond donors (Lipinski definition) is 0. The third kappa shape index (κ3) is 4.10. The summed E-state index contributed by atoms with van der Waals surface area (Å²) in [6.45, 7) is 2.63. The van der Waals surface area contributed by atoms with Gasteiger partial charge in [0.1, 0.15) is 15.6 Å². The van der Waals surface area contributed by atoms with Crippen LogP contribution in [0.15, 0.2) is 42.5 Å². The number of rotatable bonds is 6. The Labute approximate surface area is 186 Å². The van der Waals surface area contributed by atoms with Gasteiger partial charge in [-0.25, -0.2) is 4.98 Å². The molecule has 1 atom stereocenters. The van der Waals surface area contributed by atoms with E-state index in [9.17, 15) is 4.79 Å². The van der Waals surface area contributed by atoms with Gasteiger partial charge >= 0.3 is 0 Å². The zero-order valence-corrected chi connectivity index (χ0v) is 19.0. The van der Waals surface area contributed by atoms with Gasteiger partial charge < -0.3 is 19.1 Å². The summed E-state index contributed by atoms with van der Waals surface area (Å²) in [6, 6.07) is 13.6. The molecule has 0 spiro atoms. The highest BCUT2D eigenvalue weighted by Gasteiger charge is 2.33. The molecule has 1 amide bonds. The molecule has 7 heteroatoms. The van der Waals surface area contributed by atoms with Crippen LogP contribution in [0.4, 0.5) is 0 Å². The molecule has 4 rings (SSSR count). The van der Waals surface area contributed by atoms with Crippen LogP contribution in [0.2, 0.25) is 0 Å². The SMILES string of the molecule is COc1ccc(-c2nc(C)c(C(=O)N3CCC[C@@H]3c3ccc(OC)c(OC)c3)s2)cc1. The maximum absolute atomic E-state index is 13.5. The number of carbonyl (C=O) groups is 1. The highest BCUT2D eigenvalue weighted by Crippen LogP contribution is 2.39. The predicted octanol–water partition coefficient (Wildman–Crippen LogP) is 5.12. The molecular weight excluding hydrogens is 412 g/mol. The molecule has 1 saturated heterocycles. The molecule has 1 fully saturated rings. The number of likely N-dealkylation sites (tertiary alicyclic amines) is 1. The summed E-state index contributed by atoms with van der Waals surface area (Å²) in [5.41, 5.74) is 2.80. The van der Waals surface area contributed by atoms with E-state index in [2.05, 4.69) is 4.98 Å². The number of methoxy groups -OCH3 is 3. The zero-order chi connectivity index (χ0) is 22.0. The second-order valence-electron chi connectivity index (χ2n) is 7.43. The number of carbonyl (C=O) groups excluding carboxylic acids is 1. The quantitative estimate of drug-likeness (QED) is 0.534. The summed E-state index contributed by atoms with van der Waals surface area (Å²) in [6.07, 6.45) is 1.89. The van der Waals surface area contributed by atoms with Crippen LogP contribution in [0.25, 0.3) is 10.6 Å². The van der Waals surface area contributed by atoms with E-state index in [0.29, 0.717) is 16.4 Å². The van der Waals surface area contributed by atoms with Gasteiger partial charge in [0, 0.05) is 12.1 Å². The first-order valence-corrected chi connectivity index (χ1v) is 11.0. The van der Waals surface area contributed by atoms with Crippen molar-refractivity contribution in [3.8, 4) is 27.8 Å². The van der Waals surface area contributed by atoms with E-state index in [0.717, 1.165) is 47.0 Å². The molecule has 31 heavy (non-hydrogen) atoms. The second-order valence-corrected chi connectivity index (χ2v) is 8.43. The van der Waals surface area contributed by atoms with E-state index < -0.39 is 0 Å². The lowest BCUT2D eigenvalue weighted by Crippen LogP contribution is -2.30. The van der Waals surface area contributed by atoms with Crippen LogP contribution in [-0.2, 0) is 0 Å². The molecule has 2 aromatic carbocycles. The molecule has 0 N–H and O–H groups in total. The maximum Gasteiger partial charge on any atom is 0.266 e. The van der Waals surface area contributed by atoms with Crippen LogP contribution < -0.4 is 14.2 Å². The van der Waals surface area contributed by atoms with E-state index in [4.69, 9.17) is 14.2 Å². The normalized spacial score (nSPS) is 15.7. The van der Waals surface area contributed by atoms with Crippen molar-refractivity contribution in [1.82, 2.24) is 9.88 Å². The highest BCUT2D eigenvalue weighted by molar-refractivity contribution is 7.17. The standard InChI is InChI=1S/C24H26N2O4S/c1-15-22(31-23(25-15)16-7-10-18(28-2)11-8-16)24(27)26-13-5-6-19(26)17-9-12-20(29-3)21(14-17)30-4/h7-12,14,19H,5-6,13H2,1-4H3/t19-/m1/s1. The summed E-state index contributed by atoms with van der Waals surface area (Å²) in [4.78, 5) is 20.8. The molecule has 6 nitrogen and oxygen atoms in total. The lowest BCUT2D eigenvalue weighted by Gasteiger charge is -2.25. The van der Waals surface area contributed by atoms with Gasteiger partial charge in [0.05, 0.1) is 33.1 Å². The molecule has 1 aromatic heterocycles. The fourth-order valence-corrected chi connectivity index (χ4v) is 5.03. The van der Waals surface area contributed by atoms with Crippen molar-refractivity contribution >= 4 is 17.2 Å². The summed E-state index contributed by atoms with van der Waals surface area (Å²) in [5.74, 6) is 2.19. The first-order valence-electron chi connectivity index (χ1n) is 10.2. The van der Waals surface area contributed by atoms with Gasteiger partial charge in [0.2, 0.25) is 0 Å². The van der Waals surface area contributed by atoms with Gasteiger partial charge in [-0.1, -0.05) is 6.07 Å². The van der Waals surface area contributed by atoms with Gasteiger partial charge in [0.25, 0.3) is 5.91 Å². The first kappa shape index (κ1) is 21.2. The summed E-state index contributed by atoms with van der Waals surface area (Å²) >= 11 is 1.44. The number of ether oxygens (including phenoxy) is 3. The van der Waals surface area contributed by atoms with Crippen molar-refractivity contribution in [3.05, 3.63) is 58.6 Å². The van der Waals surface area contributed by atoms with E-state index in [1.807, 2.05) is 54.3 Å². The van der Waals surface area contributed by atoms with Gasteiger partial charge in [-0.15, -0.1) is 11.3 Å². The van der Waals surface area contributed by atoms with Crippen LogP contribution in [0.5, 0.6) is 17.2 Å². The van der Waals surface area contributed by atoms with E-state index in [1.165, 1.54) is 11.3 Å². The Morgan fingerprint density at radius 1 is 1.03 bits per heavy atom. The summed E-state index contributed by atoms with van der Waals surface area (Å²) < 4.78 is 16.0. The fourth-order valence-electron chi connectivity index (χ4n) is 4.00. The summed E-state index contributed by atoms with van der Waals surface area (Å²) in [7, 11) is 4.89. The number of amides is 1. The fraction of sp³-hybridized carbons (Fsp3) is 0.333. The topological polar surface area (TPSA) is 60.9 Å². The van der Waals surface area contributed by atoms with Crippen molar-refractivity contribution in [2.45, 2.75) is 25.8 Å². The maximum atomic E-state index is 13.5. The van der Waals surface area contributed by atoms with Crippen molar-refractivity contribution in [3.63, 3.8) is 0 Å². The van der Waals surface area contributed by atoms with Crippen molar-refractivity contribution < 1.29 is 19.0 Å². The van der Waals surface area contributed by atoms with E-state index in [1.54, 1.807) is 21.3 Å². The van der Waals surface area contributed by atoms with E-state index >= 15 is 0 Å². The number of benzene rings is 2. The highest BCUT2D eigenvalue weighted by atomic mass is 32.1. The molecule has 2 heterocycles. The number of nitrogens with zero attached hydrogens (tertiary/aromatic N) is 2. The number of hydrogen-bond acceptors (Lipinski definition) is 6.